The minimum absolute atomic E-state index is 0.475. The van der Waals surface area contributed by atoms with E-state index in [1.165, 1.54) is 0 Å². The van der Waals surface area contributed by atoms with E-state index in [4.69, 9.17) is 9.47 Å². The van der Waals surface area contributed by atoms with Crippen molar-refractivity contribution in [3.8, 4) is 11.5 Å². The topological polar surface area (TPSA) is 33.7 Å². The standard InChI is InChI=1S/C16H26N2O2/c1-11-12(2)18(9-8-14(11)17-3)15-7-6-13(19-4)10-16(15)20-5/h6-7,10-12,14,17H,8-9H2,1-5H3. The van der Waals surface area contributed by atoms with Crippen LogP contribution in [0.2, 0.25) is 0 Å². The fraction of sp³-hybridized carbons (Fsp3) is 0.625. The molecule has 4 heteroatoms. The van der Waals surface area contributed by atoms with Crippen molar-refractivity contribution in [3.63, 3.8) is 0 Å². The summed E-state index contributed by atoms with van der Waals surface area (Å²) < 4.78 is 10.8. The summed E-state index contributed by atoms with van der Waals surface area (Å²) in [5.74, 6) is 2.31. The van der Waals surface area contributed by atoms with E-state index in [-0.39, 0.29) is 0 Å². The van der Waals surface area contributed by atoms with Crippen LogP contribution >= 0.6 is 0 Å². The van der Waals surface area contributed by atoms with Gasteiger partial charge in [-0.15, -0.1) is 0 Å². The van der Waals surface area contributed by atoms with Crippen LogP contribution in [0.3, 0.4) is 0 Å². The highest BCUT2D eigenvalue weighted by Crippen LogP contribution is 2.37. The Balaban J connectivity index is 2.27. The zero-order valence-corrected chi connectivity index (χ0v) is 13.1. The molecule has 1 aliphatic heterocycles. The summed E-state index contributed by atoms with van der Waals surface area (Å²) in [6.45, 7) is 5.64. The lowest BCUT2D eigenvalue weighted by atomic mass is 9.86. The van der Waals surface area contributed by atoms with Gasteiger partial charge in [-0.2, -0.15) is 0 Å². The van der Waals surface area contributed by atoms with Crippen molar-refractivity contribution >= 4 is 5.69 Å². The average molecular weight is 278 g/mol. The lowest BCUT2D eigenvalue weighted by Crippen LogP contribution is -2.52. The Morgan fingerprint density at radius 3 is 2.55 bits per heavy atom. The largest absolute Gasteiger partial charge is 0.497 e. The van der Waals surface area contributed by atoms with Crippen LogP contribution in [0.25, 0.3) is 0 Å². The van der Waals surface area contributed by atoms with Crippen LogP contribution in [0.15, 0.2) is 18.2 Å². The van der Waals surface area contributed by atoms with E-state index >= 15 is 0 Å². The Bertz CT molecular complexity index is 450. The average Bonchev–Trinajstić information content (AvgIpc) is 2.49. The second kappa shape index (κ2) is 6.35. The first-order valence-corrected chi connectivity index (χ1v) is 7.28. The summed E-state index contributed by atoms with van der Waals surface area (Å²) in [4.78, 5) is 2.44. The quantitative estimate of drug-likeness (QED) is 0.917. The smallest absolute Gasteiger partial charge is 0.145 e. The second-order valence-electron chi connectivity index (χ2n) is 5.51. The molecule has 0 amide bonds. The Hall–Kier alpha value is -1.42. The maximum atomic E-state index is 5.54. The highest BCUT2D eigenvalue weighted by atomic mass is 16.5. The van der Waals surface area contributed by atoms with Gasteiger partial charge < -0.3 is 19.7 Å². The van der Waals surface area contributed by atoms with Crippen LogP contribution < -0.4 is 19.7 Å². The van der Waals surface area contributed by atoms with E-state index in [0.29, 0.717) is 18.0 Å². The van der Waals surface area contributed by atoms with Crippen LogP contribution in [-0.4, -0.2) is 39.9 Å². The zero-order valence-electron chi connectivity index (χ0n) is 13.1. The first-order valence-electron chi connectivity index (χ1n) is 7.28. The van der Waals surface area contributed by atoms with Crippen LogP contribution in [0.5, 0.6) is 11.5 Å². The third kappa shape index (κ3) is 2.70. The van der Waals surface area contributed by atoms with Crippen LogP contribution in [0.4, 0.5) is 5.69 Å². The molecule has 1 aromatic carbocycles. The van der Waals surface area contributed by atoms with Crippen molar-refractivity contribution in [3.05, 3.63) is 18.2 Å². The Morgan fingerprint density at radius 1 is 1.20 bits per heavy atom. The Kier molecular flexibility index (Phi) is 4.76. The van der Waals surface area contributed by atoms with Crippen LogP contribution in [0.1, 0.15) is 20.3 Å². The number of nitrogens with one attached hydrogen (secondary N) is 1. The van der Waals surface area contributed by atoms with Crippen molar-refractivity contribution in [1.29, 1.82) is 0 Å². The van der Waals surface area contributed by atoms with Gasteiger partial charge in [-0.25, -0.2) is 0 Å². The highest BCUT2D eigenvalue weighted by molar-refractivity contribution is 5.62. The van der Waals surface area contributed by atoms with E-state index in [1.807, 2.05) is 12.1 Å². The van der Waals surface area contributed by atoms with Gasteiger partial charge in [0.2, 0.25) is 0 Å². The second-order valence-corrected chi connectivity index (χ2v) is 5.51. The number of methoxy groups -OCH3 is 2. The number of piperidine rings is 1. The summed E-state index contributed by atoms with van der Waals surface area (Å²) in [6, 6.07) is 7.12. The molecule has 1 heterocycles. The lowest BCUT2D eigenvalue weighted by molar-refractivity contribution is 0.280. The molecule has 112 valence electrons. The summed E-state index contributed by atoms with van der Waals surface area (Å²) >= 11 is 0. The Labute approximate surface area is 122 Å². The van der Waals surface area contributed by atoms with Gasteiger partial charge in [-0.1, -0.05) is 6.92 Å². The van der Waals surface area contributed by atoms with Gasteiger partial charge in [0.15, 0.2) is 0 Å². The molecule has 0 radical (unpaired) electrons. The van der Waals surface area contributed by atoms with E-state index in [2.05, 4.69) is 37.2 Å². The molecule has 1 aliphatic rings. The third-order valence-electron chi connectivity index (χ3n) is 4.64. The molecule has 1 saturated heterocycles. The van der Waals surface area contributed by atoms with Crippen molar-refractivity contribution in [2.24, 2.45) is 5.92 Å². The maximum absolute atomic E-state index is 5.54. The molecule has 1 fully saturated rings. The van der Waals surface area contributed by atoms with Gasteiger partial charge in [0, 0.05) is 24.7 Å². The fourth-order valence-electron chi connectivity index (χ4n) is 3.13. The lowest BCUT2D eigenvalue weighted by Gasteiger charge is -2.44. The van der Waals surface area contributed by atoms with Gasteiger partial charge >= 0.3 is 0 Å². The third-order valence-corrected chi connectivity index (χ3v) is 4.64. The monoisotopic (exact) mass is 278 g/mol. The molecule has 4 nitrogen and oxygen atoms in total. The number of anilines is 1. The zero-order chi connectivity index (χ0) is 14.7. The predicted octanol–water partition coefficient (Wildman–Crippen LogP) is 2.53. The van der Waals surface area contributed by atoms with Gasteiger partial charge in [-0.3, -0.25) is 0 Å². The van der Waals surface area contributed by atoms with E-state index in [0.717, 1.165) is 30.2 Å². The predicted molar refractivity (Wildman–Crippen MR) is 83.0 cm³/mol. The van der Waals surface area contributed by atoms with Gasteiger partial charge in [-0.05, 0) is 38.4 Å². The summed E-state index contributed by atoms with van der Waals surface area (Å²) in [5.41, 5.74) is 1.15. The van der Waals surface area contributed by atoms with Crippen LogP contribution in [0, 0.1) is 5.92 Å². The SMILES string of the molecule is CNC1CCN(c2ccc(OC)cc2OC)C(C)C1C. The van der Waals surface area contributed by atoms with Crippen molar-refractivity contribution in [2.75, 3.05) is 32.7 Å². The number of hydrogen-bond donors (Lipinski definition) is 1. The number of hydrogen-bond acceptors (Lipinski definition) is 4. The van der Waals surface area contributed by atoms with Crippen molar-refractivity contribution in [2.45, 2.75) is 32.4 Å². The van der Waals surface area contributed by atoms with E-state index in [9.17, 15) is 0 Å². The number of nitrogens with zero attached hydrogens (tertiary/aromatic N) is 1. The van der Waals surface area contributed by atoms with Crippen molar-refractivity contribution in [1.82, 2.24) is 5.32 Å². The van der Waals surface area contributed by atoms with Gasteiger partial charge in [0.25, 0.3) is 0 Å². The van der Waals surface area contributed by atoms with E-state index in [1.54, 1.807) is 14.2 Å². The molecule has 3 unspecified atom stereocenters. The molecule has 1 N–H and O–H groups in total. The molecule has 0 spiro atoms. The van der Waals surface area contributed by atoms with Crippen LogP contribution in [-0.2, 0) is 0 Å². The molecule has 20 heavy (non-hydrogen) atoms. The number of rotatable bonds is 4. The normalized spacial score (nSPS) is 26.4. The van der Waals surface area contributed by atoms with Gasteiger partial charge in [0.05, 0.1) is 19.9 Å². The number of ether oxygens (including phenoxy) is 2. The molecule has 3 atom stereocenters. The van der Waals surface area contributed by atoms with Crippen molar-refractivity contribution < 1.29 is 9.47 Å². The molecule has 0 bridgehead atoms. The molecule has 0 aromatic heterocycles. The first-order chi connectivity index (χ1) is 9.62. The molecular weight excluding hydrogens is 252 g/mol. The molecular formula is C16H26N2O2. The summed E-state index contributed by atoms with van der Waals surface area (Å²) in [7, 11) is 5.45. The number of benzene rings is 1. The summed E-state index contributed by atoms with van der Waals surface area (Å²) in [6.07, 6.45) is 1.15. The first kappa shape index (κ1) is 15.0. The molecule has 2 rings (SSSR count). The molecule has 0 aliphatic carbocycles. The minimum atomic E-state index is 0.475. The maximum Gasteiger partial charge on any atom is 0.145 e. The summed E-state index contributed by atoms with van der Waals surface area (Å²) in [5, 5.41) is 3.43. The van der Waals surface area contributed by atoms with E-state index < -0.39 is 0 Å². The fourth-order valence-corrected chi connectivity index (χ4v) is 3.13. The van der Waals surface area contributed by atoms with Gasteiger partial charge in [0.1, 0.15) is 11.5 Å². The molecule has 0 saturated carbocycles. The Morgan fingerprint density at radius 2 is 1.95 bits per heavy atom. The molecule has 1 aromatic rings. The highest BCUT2D eigenvalue weighted by Gasteiger charge is 2.32. The minimum Gasteiger partial charge on any atom is -0.497 e.